The number of benzene rings is 1. The van der Waals surface area contributed by atoms with Crippen LogP contribution in [0.3, 0.4) is 0 Å². The molecule has 1 unspecified atom stereocenters. The Hall–Kier alpha value is -4.25. The maximum Gasteiger partial charge on any atom is 0.459 e. The van der Waals surface area contributed by atoms with Crippen LogP contribution in [0.15, 0.2) is 48.8 Å². The fraction of sp³-hybridized carbons (Fsp3) is 0.595. The molecular weight excluding hydrogens is 762 g/mol. The van der Waals surface area contributed by atoms with Gasteiger partial charge < -0.3 is 29.2 Å². The van der Waals surface area contributed by atoms with Crippen LogP contribution < -0.4 is 15.3 Å². The van der Waals surface area contributed by atoms with E-state index in [0.29, 0.717) is 11.2 Å². The molecule has 0 amide bonds. The first kappa shape index (κ1) is 42.9. The summed E-state index contributed by atoms with van der Waals surface area (Å²) in [6.07, 6.45) is -6.38. The molecule has 3 heterocycles. The summed E-state index contributed by atoms with van der Waals surface area (Å²) in [5.41, 5.74) is 5.21. The van der Waals surface area contributed by atoms with E-state index in [4.69, 9.17) is 33.7 Å². The van der Waals surface area contributed by atoms with Gasteiger partial charge in [-0.2, -0.15) is 23.4 Å². The number of para-hydroxylation sites is 1. The van der Waals surface area contributed by atoms with Gasteiger partial charge in [0.25, 0.3) is 0 Å². The van der Waals surface area contributed by atoms with E-state index >= 15 is 0 Å². The number of alkyl halides is 3. The highest BCUT2D eigenvalue weighted by molar-refractivity contribution is 7.52. The van der Waals surface area contributed by atoms with Gasteiger partial charge in [-0.05, 0) is 69.7 Å². The standard InChI is InChI=1S/C37H49F3N5O10P/c1-21(2)33(46)52-30-29(27-16-17-28-32(41)42-20-43-45(27)28)54-36(6,31(30)53-34(47)22(3)4)19-51-56(49,55-26-10-8-7-9-11-26)44-23(5)35(48)50-18-24-12-14-25(15-13-24)37(38,39)40/h7-11,16-17,20-25,29-31H,12-15,18-19H2,1-6H3,(H,44,49)(H2,41,42,43)/t23-,24-,25-,29-,30-,31-,36+,56?/m0/s1. The largest absolute Gasteiger partial charge is 0.464 e. The second-order valence-electron chi connectivity index (χ2n) is 15.0. The zero-order chi connectivity index (χ0) is 41.0. The minimum Gasteiger partial charge on any atom is -0.464 e. The molecule has 19 heteroatoms. The van der Waals surface area contributed by atoms with Crippen LogP contribution in [0.5, 0.6) is 5.75 Å². The molecule has 15 nitrogen and oxygen atoms in total. The second kappa shape index (κ2) is 17.5. The molecule has 1 aliphatic carbocycles. The van der Waals surface area contributed by atoms with Crippen molar-refractivity contribution in [2.45, 2.75) is 103 Å². The van der Waals surface area contributed by atoms with Crippen LogP contribution in [0, 0.1) is 23.7 Å². The van der Waals surface area contributed by atoms with Crippen molar-refractivity contribution in [3.05, 3.63) is 54.5 Å². The van der Waals surface area contributed by atoms with Crippen molar-refractivity contribution in [1.29, 1.82) is 0 Å². The Labute approximate surface area is 322 Å². The van der Waals surface area contributed by atoms with E-state index in [1.54, 1.807) is 58.0 Å². The van der Waals surface area contributed by atoms with Crippen molar-refractivity contribution < 1.29 is 60.1 Å². The molecule has 308 valence electrons. The summed E-state index contributed by atoms with van der Waals surface area (Å²) < 4.78 is 91.3. The summed E-state index contributed by atoms with van der Waals surface area (Å²) in [5.74, 6) is -4.64. The van der Waals surface area contributed by atoms with Gasteiger partial charge in [0.15, 0.2) is 18.0 Å². The fourth-order valence-corrected chi connectivity index (χ4v) is 8.09. The fourth-order valence-electron chi connectivity index (χ4n) is 6.51. The highest BCUT2D eigenvalue weighted by Crippen LogP contribution is 2.50. The van der Waals surface area contributed by atoms with Gasteiger partial charge in [-0.3, -0.25) is 18.9 Å². The number of halogens is 3. The summed E-state index contributed by atoms with van der Waals surface area (Å²) in [5, 5.41) is 6.90. The van der Waals surface area contributed by atoms with Crippen LogP contribution in [0.25, 0.3) is 5.52 Å². The number of rotatable bonds is 15. The lowest BCUT2D eigenvalue weighted by Gasteiger charge is -2.33. The first-order valence-corrected chi connectivity index (χ1v) is 20.0. The smallest absolute Gasteiger partial charge is 0.459 e. The predicted molar refractivity (Wildman–Crippen MR) is 195 cm³/mol. The topological polar surface area (TPSA) is 192 Å². The lowest BCUT2D eigenvalue weighted by molar-refractivity contribution is -0.185. The number of nitrogens with zero attached hydrogens (tertiary/aromatic N) is 3. The average Bonchev–Trinajstić information content (AvgIpc) is 3.69. The highest BCUT2D eigenvalue weighted by atomic mass is 31.2. The van der Waals surface area contributed by atoms with Gasteiger partial charge in [0, 0.05) is 0 Å². The Morgan fingerprint density at radius 2 is 1.62 bits per heavy atom. The monoisotopic (exact) mass is 811 g/mol. The van der Waals surface area contributed by atoms with Crippen LogP contribution in [0.1, 0.15) is 79.0 Å². The third-order valence-corrected chi connectivity index (χ3v) is 11.4. The number of nitrogens with one attached hydrogen (secondary N) is 1. The number of carbonyl (C=O) groups is 3. The molecule has 3 N–H and O–H groups in total. The number of hydrogen-bond donors (Lipinski definition) is 2. The normalized spacial score (nSPS) is 25.8. The van der Waals surface area contributed by atoms with E-state index in [1.807, 2.05) is 0 Å². The molecule has 1 saturated heterocycles. The Kier molecular flexibility index (Phi) is 13.4. The number of aromatic nitrogens is 3. The van der Waals surface area contributed by atoms with E-state index in [0.717, 1.165) is 0 Å². The summed E-state index contributed by atoms with van der Waals surface area (Å²) in [4.78, 5) is 43.5. The van der Waals surface area contributed by atoms with E-state index in [-0.39, 0.29) is 49.8 Å². The van der Waals surface area contributed by atoms with Gasteiger partial charge in [0.05, 0.1) is 36.7 Å². The summed E-state index contributed by atoms with van der Waals surface area (Å²) in [7, 11) is -4.54. The van der Waals surface area contributed by atoms with Gasteiger partial charge in [-0.15, -0.1) is 0 Å². The molecule has 1 aromatic carbocycles. The van der Waals surface area contributed by atoms with Crippen molar-refractivity contribution in [2.75, 3.05) is 18.9 Å². The first-order valence-electron chi connectivity index (χ1n) is 18.5. The molecule has 0 radical (unpaired) electrons. The molecule has 1 aliphatic heterocycles. The SMILES string of the molecule is CC(C)C(=O)O[C@H]1[C@H](c2ccc3c(N)ncnn23)O[C@](C)(COP(=O)(N[C@@H](C)C(=O)OC[C@H]2CC[C@H](C(F)(F)F)CC2)Oc2ccccc2)[C@H]1OC(=O)C(C)C. The Bertz CT molecular complexity index is 1890. The number of anilines is 1. The lowest BCUT2D eigenvalue weighted by Crippen LogP contribution is -2.49. The molecule has 2 aliphatic rings. The number of fused-ring (bicyclic) bond motifs is 1. The molecule has 0 spiro atoms. The number of nitrogens with two attached hydrogens (primary N) is 1. The zero-order valence-electron chi connectivity index (χ0n) is 32.1. The maximum absolute atomic E-state index is 14.6. The van der Waals surface area contributed by atoms with Crippen molar-refractivity contribution in [1.82, 2.24) is 19.7 Å². The van der Waals surface area contributed by atoms with Gasteiger partial charge in [0.2, 0.25) is 0 Å². The van der Waals surface area contributed by atoms with Gasteiger partial charge in [-0.1, -0.05) is 45.9 Å². The van der Waals surface area contributed by atoms with Crippen molar-refractivity contribution in [2.24, 2.45) is 23.7 Å². The summed E-state index contributed by atoms with van der Waals surface area (Å²) in [6, 6.07) is 10.0. The van der Waals surface area contributed by atoms with E-state index < -0.39 is 86.1 Å². The minimum atomic E-state index is -4.54. The Balaban J connectivity index is 1.41. The summed E-state index contributed by atoms with van der Waals surface area (Å²) >= 11 is 0. The third-order valence-electron chi connectivity index (χ3n) is 9.80. The predicted octanol–water partition coefficient (Wildman–Crippen LogP) is 6.37. The van der Waals surface area contributed by atoms with Crippen LogP contribution in [-0.4, -0.2) is 75.7 Å². The van der Waals surface area contributed by atoms with Gasteiger partial charge >= 0.3 is 31.8 Å². The van der Waals surface area contributed by atoms with Crippen LogP contribution >= 0.6 is 7.75 Å². The molecule has 6 atom stereocenters. The van der Waals surface area contributed by atoms with Crippen LogP contribution in [0.4, 0.5) is 19.0 Å². The second-order valence-corrected chi connectivity index (χ2v) is 16.7. The number of nitrogen functional groups attached to an aromatic ring is 1. The molecular formula is C37H49F3N5O10P. The Morgan fingerprint density at radius 1 is 0.982 bits per heavy atom. The van der Waals surface area contributed by atoms with Crippen molar-refractivity contribution >= 4 is 37.0 Å². The number of hydrogen-bond acceptors (Lipinski definition) is 13. The molecule has 3 aromatic rings. The molecule has 0 bridgehead atoms. The van der Waals surface area contributed by atoms with Crippen molar-refractivity contribution in [3.63, 3.8) is 0 Å². The molecule has 2 fully saturated rings. The van der Waals surface area contributed by atoms with Gasteiger partial charge in [0.1, 0.15) is 35.3 Å². The minimum absolute atomic E-state index is 0.0529. The van der Waals surface area contributed by atoms with Gasteiger partial charge in [-0.25, -0.2) is 14.1 Å². The quantitative estimate of drug-likeness (QED) is 0.0977. The maximum atomic E-state index is 14.6. The number of carbonyl (C=O) groups excluding carboxylic acids is 3. The lowest BCUT2D eigenvalue weighted by atomic mass is 9.82. The highest BCUT2D eigenvalue weighted by Gasteiger charge is 2.59. The molecule has 1 saturated carbocycles. The van der Waals surface area contributed by atoms with E-state index in [1.165, 1.54) is 36.8 Å². The third kappa shape index (κ3) is 10.2. The number of ether oxygens (including phenoxy) is 4. The molecule has 5 rings (SSSR count). The molecule has 56 heavy (non-hydrogen) atoms. The van der Waals surface area contributed by atoms with Crippen LogP contribution in [-0.2, 0) is 42.4 Å². The Morgan fingerprint density at radius 3 is 2.25 bits per heavy atom. The first-order chi connectivity index (χ1) is 26.3. The van der Waals surface area contributed by atoms with E-state index in [9.17, 15) is 32.1 Å². The summed E-state index contributed by atoms with van der Waals surface area (Å²) in [6.45, 7) is 8.71. The van der Waals surface area contributed by atoms with E-state index in [2.05, 4.69) is 15.2 Å². The van der Waals surface area contributed by atoms with Crippen LogP contribution in [0.2, 0.25) is 0 Å². The number of esters is 3. The average molecular weight is 812 g/mol. The van der Waals surface area contributed by atoms with Crippen molar-refractivity contribution in [3.8, 4) is 5.75 Å². The molecule has 2 aromatic heterocycles. The zero-order valence-corrected chi connectivity index (χ0v) is 33.0.